The van der Waals surface area contributed by atoms with E-state index in [1.165, 1.54) is 0 Å². The molecular weight excluding hydrogens is 205 g/mol. The molecule has 0 unspecified atom stereocenters. The number of rotatable bonds is 2. The van der Waals surface area contributed by atoms with Gasteiger partial charge in [0, 0.05) is 5.56 Å². The Morgan fingerprint density at radius 2 is 2.15 bits per heavy atom. The van der Waals surface area contributed by atoms with E-state index in [1.807, 2.05) is 0 Å². The van der Waals surface area contributed by atoms with Crippen LogP contribution in [0.5, 0.6) is 0 Å². The van der Waals surface area contributed by atoms with Crippen LogP contribution in [0.25, 0.3) is 0 Å². The summed E-state index contributed by atoms with van der Waals surface area (Å²) in [6.45, 7) is 0. The van der Waals surface area contributed by atoms with Crippen molar-refractivity contribution in [2.45, 2.75) is 12.3 Å². The summed E-state index contributed by atoms with van der Waals surface area (Å²) in [5.41, 5.74) is 4.10. The number of aromatic nitrogens is 1. The monoisotopic (exact) mass is 210 g/mol. The number of nitrogen functional groups attached to an aromatic ring is 1. The molecule has 0 aliphatic carbocycles. The van der Waals surface area contributed by atoms with Crippen molar-refractivity contribution in [3.63, 3.8) is 0 Å². The number of halogens is 4. The Balaban J connectivity index is 3.27. The summed E-state index contributed by atoms with van der Waals surface area (Å²) in [5.74, 6) is -1.02. The number of hydrogen-bond donors (Lipinski definition) is 1. The van der Waals surface area contributed by atoms with Crippen LogP contribution in [0.15, 0.2) is 6.20 Å². The largest absolute Gasteiger partial charge is 0.397 e. The lowest BCUT2D eigenvalue weighted by atomic mass is 10.2. The van der Waals surface area contributed by atoms with Crippen LogP contribution in [0.3, 0.4) is 0 Å². The fourth-order valence-corrected chi connectivity index (χ4v) is 1.14. The molecule has 0 saturated carbocycles. The minimum atomic E-state index is -2.82. The first-order valence-electron chi connectivity index (χ1n) is 3.34. The molecule has 72 valence electrons. The van der Waals surface area contributed by atoms with Crippen molar-refractivity contribution < 1.29 is 13.2 Å². The molecule has 0 spiro atoms. The van der Waals surface area contributed by atoms with Crippen LogP contribution in [0.1, 0.15) is 17.7 Å². The lowest BCUT2D eigenvalue weighted by molar-refractivity contribution is 0.147. The maximum Gasteiger partial charge on any atom is 0.282 e. The van der Waals surface area contributed by atoms with Crippen molar-refractivity contribution in [2.75, 3.05) is 5.73 Å². The summed E-state index contributed by atoms with van der Waals surface area (Å²) in [6.07, 6.45) is -2.13. The van der Waals surface area contributed by atoms with Crippen LogP contribution in [-0.2, 0) is 5.88 Å². The topological polar surface area (TPSA) is 38.9 Å². The highest BCUT2D eigenvalue weighted by molar-refractivity contribution is 6.17. The van der Waals surface area contributed by atoms with E-state index in [0.717, 1.165) is 0 Å². The molecule has 1 aromatic heterocycles. The number of hydrogen-bond acceptors (Lipinski definition) is 2. The third kappa shape index (κ3) is 1.85. The Morgan fingerprint density at radius 1 is 1.54 bits per heavy atom. The number of nitrogens with zero attached hydrogens (tertiary/aromatic N) is 1. The first-order chi connectivity index (χ1) is 6.07. The van der Waals surface area contributed by atoms with Crippen molar-refractivity contribution in [2.24, 2.45) is 0 Å². The fourth-order valence-electron chi connectivity index (χ4n) is 0.867. The van der Waals surface area contributed by atoms with Crippen LogP contribution in [-0.4, -0.2) is 4.98 Å². The molecule has 13 heavy (non-hydrogen) atoms. The average molecular weight is 211 g/mol. The van der Waals surface area contributed by atoms with Gasteiger partial charge in [0.1, 0.15) is 11.5 Å². The Labute approximate surface area is 77.5 Å². The van der Waals surface area contributed by atoms with Gasteiger partial charge in [-0.1, -0.05) is 0 Å². The molecule has 2 nitrogen and oxygen atoms in total. The molecule has 0 amide bonds. The summed E-state index contributed by atoms with van der Waals surface area (Å²) >= 11 is 5.32. The highest BCUT2D eigenvalue weighted by Gasteiger charge is 2.18. The summed E-state index contributed by atoms with van der Waals surface area (Å²) in [5, 5.41) is 0. The second-order valence-electron chi connectivity index (χ2n) is 2.32. The summed E-state index contributed by atoms with van der Waals surface area (Å²) in [4.78, 5) is 3.18. The highest BCUT2D eigenvalue weighted by Crippen LogP contribution is 2.27. The third-order valence-electron chi connectivity index (χ3n) is 1.55. The molecule has 1 aromatic rings. The van der Waals surface area contributed by atoms with E-state index >= 15 is 0 Å². The minimum Gasteiger partial charge on any atom is -0.397 e. The first-order valence-corrected chi connectivity index (χ1v) is 3.88. The zero-order chi connectivity index (χ0) is 10.0. The number of pyridine rings is 1. The quantitative estimate of drug-likeness (QED) is 0.762. The molecule has 1 heterocycles. The molecule has 0 radical (unpaired) electrons. The van der Waals surface area contributed by atoms with E-state index in [-0.39, 0.29) is 17.1 Å². The van der Waals surface area contributed by atoms with E-state index in [9.17, 15) is 13.2 Å². The zero-order valence-electron chi connectivity index (χ0n) is 6.40. The second-order valence-corrected chi connectivity index (χ2v) is 2.59. The van der Waals surface area contributed by atoms with Gasteiger partial charge in [0.25, 0.3) is 6.43 Å². The van der Waals surface area contributed by atoms with Gasteiger partial charge in [-0.2, -0.15) is 0 Å². The molecule has 0 fully saturated rings. The Bertz CT molecular complexity index is 317. The van der Waals surface area contributed by atoms with Crippen molar-refractivity contribution in [1.82, 2.24) is 4.98 Å². The lowest BCUT2D eigenvalue weighted by Gasteiger charge is -2.07. The average Bonchev–Trinajstić information content (AvgIpc) is 2.04. The van der Waals surface area contributed by atoms with E-state index in [2.05, 4.69) is 4.98 Å². The Kier molecular flexibility index (Phi) is 2.98. The Morgan fingerprint density at radius 3 is 2.62 bits per heavy atom. The van der Waals surface area contributed by atoms with Crippen molar-refractivity contribution in [3.8, 4) is 0 Å². The molecule has 0 saturated heterocycles. The molecule has 0 bridgehead atoms. The summed E-state index contributed by atoms with van der Waals surface area (Å²) < 4.78 is 37.2. The molecule has 0 atom stereocenters. The molecule has 0 aliphatic heterocycles. The van der Waals surface area contributed by atoms with Crippen LogP contribution < -0.4 is 5.73 Å². The van der Waals surface area contributed by atoms with Gasteiger partial charge in [-0.25, -0.2) is 13.2 Å². The van der Waals surface area contributed by atoms with Gasteiger partial charge in [0.05, 0.1) is 17.8 Å². The maximum absolute atomic E-state index is 12.8. The second kappa shape index (κ2) is 3.83. The Hall–Kier alpha value is -0.970. The van der Waals surface area contributed by atoms with Crippen LogP contribution in [0, 0.1) is 5.82 Å². The standard InChI is InChI=1S/C7H6ClF3N2/c8-1-3-4(9)2-13-6(5(3)12)7(10)11/h2,7H,1,12H2. The lowest BCUT2D eigenvalue weighted by Crippen LogP contribution is -2.04. The molecule has 6 heteroatoms. The van der Waals surface area contributed by atoms with Gasteiger partial charge in [0.15, 0.2) is 0 Å². The van der Waals surface area contributed by atoms with Gasteiger partial charge in [-0.05, 0) is 0 Å². The van der Waals surface area contributed by atoms with Gasteiger partial charge in [0.2, 0.25) is 0 Å². The third-order valence-corrected chi connectivity index (χ3v) is 1.81. The highest BCUT2D eigenvalue weighted by atomic mass is 35.5. The molecule has 0 aliphatic rings. The van der Waals surface area contributed by atoms with E-state index in [1.54, 1.807) is 0 Å². The number of alkyl halides is 3. The predicted octanol–water partition coefficient (Wildman–Crippen LogP) is 2.48. The van der Waals surface area contributed by atoms with Crippen molar-refractivity contribution in [3.05, 3.63) is 23.3 Å². The minimum absolute atomic E-state index is 0.132. The van der Waals surface area contributed by atoms with E-state index in [4.69, 9.17) is 17.3 Å². The molecular formula is C7H6ClF3N2. The van der Waals surface area contributed by atoms with Gasteiger partial charge < -0.3 is 5.73 Å². The fraction of sp³-hybridized carbons (Fsp3) is 0.286. The van der Waals surface area contributed by atoms with Gasteiger partial charge in [-0.3, -0.25) is 4.98 Å². The SMILES string of the molecule is Nc1c(C(F)F)ncc(F)c1CCl. The normalized spacial score (nSPS) is 10.8. The summed E-state index contributed by atoms with van der Waals surface area (Å²) in [7, 11) is 0. The van der Waals surface area contributed by atoms with E-state index in [0.29, 0.717) is 6.20 Å². The van der Waals surface area contributed by atoms with Crippen LogP contribution >= 0.6 is 11.6 Å². The summed E-state index contributed by atoms with van der Waals surface area (Å²) in [6, 6.07) is 0. The smallest absolute Gasteiger partial charge is 0.282 e. The first kappa shape index (κ1) is 10.1. The molecule has 0 aromatic carbocycles. The van der Waals surface area contributed by atoms with Crippen molar-refractivity contribution >= 4 is 17.3 Å². The van der Waals surface area contributed by atoms with E-state index < -0.39 is 17.9 Å². The zero-order valence-corrected chi connectivity index (χ0v) is 7.15. The molecule has 1 rings (SSSR count). The number of nitrogens with two attached hydrogens (primary N) is 1. The van der Waals surface area contributed by atoms with Gasteiger partial charge in [-0.15, -0.1) is 11.6 Å². The predicted molar refractivity (Wildman–Crippen MR) is 43.1 cm³/mol. The van der Waals surface area contributed by atoms with Crippen molar-refractivity contribution in [1.29, 1.82) is 0 Å². The molecule has 2 N–H and O–H groups in total. The number of anilines is 1. The maximum atomic E-state index is 12.8. The van der Waals surface area contributed by atoms with Gasteiger partial charge >= 0.3 is 0 Å². The van der Waals surface area contributed by atoms with Crippen LogP contribution in [0.2, 0.25) is 0 Å². The van der Waals surface area contributed by atoms with Crippen LogP contribution in [0.4, 0.5) is 18.9 Å².